The molecular weight excluding hydrogens is 210 g/mol. The van der Waals surface area contributed by atoms with Crippen LogP contribution >= 0.6 is 23.1 Å². The molecule has 14 heavy (non-hydrogen) atoms. The number of nitrogens with zero attached hydrogens (tertiary/aromatic N) is 1. The van der Waals surface area contributed by atoms with Gasteiger partial charge in [0, 0.05) is 10.1 Å². The second kappa shape index (κ2) is 3.64. The Morgan fingerprint density at radius 2 is 2.21 bits per heavy atom. The van der Waals surface area contributed by atoms with Crippen molar-refractivity contribution in [2.75, 3.05) is 6.26 Å². The third-order valence-electron chi connectivity index (χ3n) is 2.18. The van der Waals surface area contributed by atoms with Gasteiger partial charge in [0.1, 0.15) is 6.07 Å². The van der Waals surface area contributed by atoms with Gasteiger partial charge >= 0.3 is 0 Å². The molecule has 0 N–H and O–H groups in total. The second-order valence-electron chi connectivity index (χ2n) is 3.03. The van der Waals surface area contributed by atoms with Crippen LogP contribution in [-0.4, -0.2) is 6.26 Å². The van der Waals surface area contributed by atoms with Crippen LogP contribution in [0, 0.1) is 18.3 Å². The Labute approximate surface area is 91.4 Å². The molecule has 0 saturated heterocycles. The molecule has 1 aromatic heterocycles. The van der Waals surface area contributed by atoms with E-state index in [2.05, 4.69) is 19.1 Å². The van der Waals surface area contributed by atoms with Gasteiger partial charge in [0.15, 0.2) is 0 Å². The highest BCUT2D eigenvalue weighted by Crippen LogP contribution is 2.37. The molecule has 2 rings (SSSR count). The number of rotatable bonds is 1. The molecule has 1 nitrogen and oxygen atoms in total. The predicted molar refractivity (Wildman–Crippen MR) is 63.1 cm³/mol. The summed E-state index contributed by atoms with van der Waals surface area (Å²) in [5, 5.41) is 10.2. The lowest BCUT2D eigenvalue weighted by atomic mass is 10.1. The maximum absolute atomic E-state index is 9.07. The van der Waals surface area contributed by atoms with Gasteiger partial charge in [0.2, 0.25) is 0 Å². The molecule has 0 aliphatic heterocycles. The van der Waals surface area contributed by atoms with E-state index in [-0.39, 0.29) is 0 Å². The van der Waals surface area contributed by atoms with E-state index >= 15 is 0 Å². The number of hydrogen-bond acceptors (Lipinski definition) is 3. The number of fused-ring (bicyclic) bond motifs is 1. The molecule has 0 aliphatic carbocycles. The van der Waals surface area contributed by atoms with Crippen molar-refractivity contribution in [3.63, 3.8) is 0 Å². The molecule has 3 heteroatoms. The van der Waals surface area contributed by atoms with Gasteiger partial charge in [-0.25, -0.2) is 0 Å². The summed E-state index contributed by atoms with van der Waals surface area (Å²) in [5.41, 5.74) is 2.09. The summed E-state index contributed by atoms with van der Waals surface area (Å²) in [6.07, 6.45) is 2.01. The Hall–Kier alpha value is -0.980. The largest absolute Gasteiger partial charge is 0.192 e. The first kappa shape index (κ1) is 9.57. The van der Waals surface area contributed by atoms with E-state index in [1.54, 1.807) is 23.1 Å². The predicted octanol–water partition coefficient (Wildman–Crippen LogP) is 3.80. The lowest BCUT2D eigenvalue weighted by molar-refractivity contribution is 1.48. The summed E-state index contributed by atoms with van der Waals surface area (Å²) in [5.74, 6) is 0. The smallest absolute Gasteiger partial charge is 0.102 e. The minimum atomic E-state index is 0.834. The Balaban J connectivity index is 2.88. The number of aryl methyl sites for hydroxylation is 1. The molecule has 0 saturated carbocycles. The minimum absolute atomic E-state index is 0.834. The second-order valence-corrected chi connectivity index (χ2v) is 5.13. The number of nitriles is 1. The van der Waals surface area contributed by atoms with Crippen molar-refractivity contribution in [1.82, 2.24) is 0 Å². The molecule has 0 aliphatic rings. The maximum Gasteiger partial charge on any atom is 0.102 e. The van der Waals surface area contributed by atoms with Crippen molar-refractivity contribution in [3.8, 4) is 6.07 Å². The molecule has 2 aromatic rings. The molecule has 0 atom stereocenters. The molecule has 0 bridgehead atoms. The van der Waals surface area contributed by atoms with Gasteiger partial charge in [0.05, 0.1) is 9.77 Å². The van der Waals surface area contributed by atoms with Crippen LogP contribution < -0.4 is 0 Å². The number of hydrogen-bond donors (Lipinski definition) is 0. The summed E-state index contributed by atoms with van der Waals surface area (Å²) in [6.45, 7) is 2.09. The fourth-order valence-electron chi connectivity index (χ4n) is 1.49. The summed E-state index contributed by atoms with van der Waals surface area (Å²) >= 11 is 3.37. The average Bonchev–Trinajstić information content (AvgIpc) is 2.57. The minimum Gasteiger partial charge on any atom is -0.192 e. The van der Waals surface area contributed by atoms with Gasteiger partial charge in [-0.3, -0.25) is 0 Å². The summed E-state index contributed by atoms with van der Waals surface area (Å²) in [4.78, 5) is 0. The van der Waals surface area contributed by atoms with Gasteiger partial charge < -0.3 is 0 Å². The van der Waals surface area contributed by atoms with Gasteiger partial charge in [0.25, 0.3) is 0 Å². The first-order valence-corrected chi connectivity index (χ1v) is 6.28. The van der Waals surface area contributed by atoms with Gasteiger partial charge in [-0.1, -0.05) is 18.2 Å². The van der Waals surface area contributed by atoms with E-state index in [1.165, 1.54) is 10.3 Å². The van der Waals surface area contributed by atoms with Crippen molar-refractivity contribution < 1.29 is 0 Å². The summed E-state index contributed by atoms with van der Waals surface area (Å²) < 4.78 is 2.37. The third-order valence-corrected chi connectivity index (χ3v) is 4.64. The first-order chi connectivity index (χ1) is 6.77. The molecule has 0 fully saturated rings. The average molecular weight is 219 g/mol. The van der Waals surface area contributed by atoms with Crippen LogP contribution in [0.5, 0.6) is 0 Å². The summed E-state index contributed by atoms with van der Waals surface area (Å²) in [6, 6.07) is 8.41. The van der Waals surface area contributed by atoms with Crippen LogP contribution in [0.2, 0.25) is 0 Å². The number of thioether (sulfide) groups is 1. The SMILES string of the molecule is CSc1sc2c(C)cccc2c1C#N. The van der Waals surface area contributed by atoms with E-state index in [0.717, 1.165) is 15.2 Å². The monoisotopic (exact) mass is 219 g/mol. The third kappa shape index (κ3) is 1.31. The quantitative estimate of drug-likeness (QED) is 0.681. The molecule has 0 unspecified atom stereocenters. The van der Waals surface area contributed by atoms with Crippen LogP contribution in [0.1, 0.15) is 11.1 Å². The van der Waals surface area contributed by atoms with E-state index in [4.69, 9.17) is 5.26 Å². The Bertz CT molecular complexity index is 520. The molecule has 0 radical (unpaired) electrons. The number of benzene rings is 1. The lowest BCUT2D eigenvalue weighted by Crippen LogP contribution is -1.74. The van der Waals surface area contributed by atoms with Crippen molar-refractivity contribution in [2.24, 2.45) is 0 Å². The standard InChI is InChI=1S/C11H9NS2/c1-7-4-3-5-8-9(6-12)11(13-2)14-10(7)8/h3-5H,1-2H3. The zero-order valence-electron chi connectivity index (χ0n) is 8.00. The van der Waals surface area contributed by atoms with E-state index < -0.39 is 0 Å². The molecule has 0 spiro atoms. The Kier molecular flexibility index (Phi) is 2.49. The van der Waals surface area contributed by atoms with E-state index in [9.17, 15) is 0 Å². The highest BCUT2D eigenvalue weighted by molar-refractivity contribution is 8.00. The molecule has 1 aromatic carbocycles. The van der Waals surface area contributed by atoms with Crippen LogP contribution in [-0.2, 0) is 0 Å². The van der Waals surface area contributed by atoms with Crippen molar-refractivity contribution in [1.29, 1.82) is 5.26 Å². The normalized spacial score (nSPS) is 10.4. The van der Waals surface area contributed by atoms with Crippen molar-refractivity contribution in [2.45, 2.75) is 11.1 Å². The molecule has 0 amide bonds. The Morgan fingerprint density at radius 3 is 2.86 bits per heavy atom. The van der Waals surface area contributed by atoms with Crippen molar-refractivity contribution in [3.05, 3.63) is 29.3 Å². The summed E-state index contributed by atoms with van der Waals surface area (Å²) in [7, 11) is 0. The van der Waals surface area contributed by atoms with Crippen LogP contribution in [0.3, 0.4) is 0 Å². The van der Waals surface area contributed by atoms with E-state index in [0.29, 0.717) is 0 Å². The topological polar surface area (TPSA) is 23.8 Å². The fourth-order valence-corrected chi connectivity index (χ4v) is 3.38. The lowest BCUT2D eigenvalue weighted by Gasteiger charge is -1.92. The zero-order valence-corrected chi connectivity index (χ0v) is 9.63. The van der Waals surface area contributed by atoms with Crippen LogP contribution in [0.4, 0.5) is 0 Å². The van der Waals surface area contributed by atoms with Crippen LogP contribution in [0.25, 0.3) is 10.1 Å². The first-order valence-electron chi connectivity index (χ1n) is 4.24. The highest BCUT2D eigenvalue weighted by atomic mass is 32.2. The highest BCUT2D eigenvalue weighted by Gasteiger charge is 2.11. The number of thiophene rings is 1. The van der Waals surface area contributed by atoms with Gasteiger partial charge in [-0.2, -0.15) is 5.26 Å². The van der Waals surface area contributed by atoms with Crippen LogP contribution in [0.15, 0.2) is 22.4 Å². The van der Waals surface area contributed by atoms with Gasteiger partial charge in [-0.05, 0) is 18.7 Å². The van der Waals surface area contributed by atoms with Gasteiger partial charge in [-0.15, -0.1) is 23.1 Å². The fraction of sp³-hybridized carbons (Fsp3) is 0.182. The van der Waals surface area contributed by atoms with E-state index in [1.807, 2.05) is 18.4 Å². The maximum atomic E-state index is 9.07. The molecular formula is C11H9NS2. The zero-order chi connectivity index (χ0) is 10.1. The molecule has 1 heterocycles. The van der Waals surface area contributed by atoms with Crippen molar-refractivity contribution >= 4 is 33.2 Å². The Morgan fingerprint density at radius 1 is 1.43 bits per heavy atom. The molecule has 70 valence electrons.